The predicted molar refractivity (Wildman–Crippen MR) is 85.9 cm³/mol. The zero-order valence-corrected chi connectivity index (χ0v) is 13.0. The average Bonchev–Trinajstić information content (AvgIpc) is 2.99. The van der Waals surface area contributed by atoms with Crippen LogP contribution in [0.2, 0.25) is 0 Å². The van der Waals surface area contributed by atoms with Gasteiger partial charge in [-0.05, 0) is 44.0 Å². The van der Waals surface area contributed by atoms with Crippen molar-refractivity contribution in [3.05, 3.63) is 24.3 Å². The summed E-state index contributed by atoms with van der Waals surface area (Å²) in [6.45, 7) is 4.60. The Hall–Kier alpha value is -1.66. The van der Waals surface area contributed by atoms with E-state index in [9.17, 15) is 0 Å². The number of nitrogens with zero attached hydrogens (tertiary/aromatic N) is 3. The van der Waals surface area contributed by atoms with Gasteiger partial charge in [0.1, 0.15) is 10.8 Å². The van der Waals surface area contributed by atoms with Crippen molar-refractivity contribution in [1.82, 2.24) is 10.2 Å². The molecular formula is C15H20N4OS. The molecule has 5 nitrogen and oxygen atoms in total. The SMILES string of the molecule is CCOc1ccc(-c2nnc(N3CCC(N)CC3)s2)cc1. The first-order valence-corrected chi connectivity index (χ1v) is 8.15. The topological polar surface area (TPSA) is 64.3 Å². The number of nitrogens with two attached hydrogens (primary N) is 1. The van der Waals surface area contributed by atoms with Crippen LogP contribution in [0.25, 0.3) is 10.6 Å². The van der Waals surface area contributed by atoms with E-state index in [1.165, 1.54) is 0 Å². The highest BCUT2D eigenvalue weighted by Crippen LogP contribution is 2.30. The first-order valence-electron chi connectivity index (χ1n) is 7.33. The third-order valence-electron chi connectivity index (χ3n) is 3.64. The number of piperidine rings is 1. The van der Waals surface area contributed by atoms with E-state index < -0.39 is 0 Å². The first-order chi connectivity index (χ1) is 10.3. The van der Waals surface area contributed by atoms with Crippen LogP contribution in [0.1, 0.15) is 19.8 Å². The van der Waals surface area contributed by atoms with E-state index in [0.29, 0.717) is 12.6 Å². The number of anilines is 1. The standard InChI is InChI=1S/C15H20N4OS/c1-2-20-13-5-3-11(4-6-13)14-17-18-15(21-14)19-9-7-12(16)8-10-19/h3-6,12H,2,7-10,16H2,1H3. The molecular weight excluding hydrogens is 284 g/mol. The van der Waals surface area contributed by atoms with Crippen molar-refractivity contribution in [2.75, 3.05) is 24.6 Å². The Morgan fingerprint density at radius 1 is 1.24 bits per heavy atom. The summed E-state index contributed by atoms with van der Waals surface area (Å²) in [6, 6.07) is 8.34. The number of hydrogen-bond acceptors (Lipinski definition) is 6. The molecule has 3 rings (SSSR count). The quantitative estimate of drug-likeness (QED) is 0.940. The molecule has 0 aliphatic carbocycles. The molecule has 112 valence electrons. The lowest BCUT2D eigenvalue weighted by Crippen LogP contribution is -2.39. The second-order valence-electron chi connectivity index (χ2n) is 5.17. The van der Waals surface area contributed by atoms with Crippen molar-refractivity contribution < 1.29 is 4.74 Å². The summed E-state index contributed by atoms with van der Waals surface area (Å²) >= 11 is 1.64. The maximum Gasteiger partial charge on any atom is 0.208 e. The molecule has 0 saturated carbocycles. The lowest BCUT2D eigenvalue weighted by molar-refractivity contribution is 0.340. The molecule has 21 heavy (non-hydrogen) atoms. The summed E-state index contributed by atoms with van der Waals surface area (Å²) in [5, 5.41) is 10.6. The lowest BCUT2D eigenvalue weighted by Gasteiger charge is -2.29. The fourth-order valence-corrected chi connectivity index (χ4v) is 3.31. The molecule has 1 fully saturated rings. The summed E-state index contributed by atoms with van der Waals surface area (Å²) in [4.78, 5) is 2.28. The van der Waals surface area contributed by atoms with E-state index in [2.05, 4.69) is 15.1 Å². The van der Waals surface area contributed by atoms with Crippen LogP contribution < -0.4 is 15.4 Å². The second-order valence-corrected chi connectivity index (χ2v) is 6.13. The minimum atomic E-state index is 0.333. The molecule has 2 heterocycles. The fourth-order valence-electron chi connectivity index (χ4n) is 2.41. The Kier molecular flexibility index (Phi) is 4.36. The molecule has 0 bridgehead atoms. The van der Waals surface area contributed by atoms with Gasteiger partial charge < -0.3 is 15.4 Å². The minimum absolute atomic E-state index is 0.333. The van der Waals surface area contributed by atoms with Gasteiger partial charge in [0.25, 0.3) is 0 Å². The van der Waals surface area contributed by atoms with Crippen LogP contribution in [0, 0.1) is 0 Å². The van der Waals surface area contributed by atoms with Gasteiger partial charge in [-0.2, -0.15) is 0 Å². The van der Waals surface area contributed by atoms with Gasteiger partial charge in [0.05, 0.1) is 6.61 Å². The van der Waals surface area contributed by atoms with Crippen molar-refractivity contribution in [3.8, 4) is 16.3 Å². The van der Waals surface area contributed by atoms with Gasteiger partial charge in [0.15, 0.2) is 0 Å². The van der Waals surface area contributed by atoms with Crippen LogP contribution in [0.4, 0.5) is 5.13 Å². The molecule has 0 radical (unpaired) electrons. The van der Waals surface area contributed by atoms with Crippen molar-refractivity contribution in [3.63, 3.8) is 0 Å². The maximum absolute atomic E-state index is 5.94. The molecule has 2 aromatic rings. The van der Waals surface area contributed by atoms with E-state index in [1.807, 2.05) is 31.2 Å². The third-order valence-corrected chi connectivity index (χ3v) is 4.67. The van der Waals surface area contributed by atoms with Crippen LogP contribution in [0.5, 0.6) is 5.75 Å². The Bertz CT molecular complexity index is 576. The number of rotatable bonds is 4. The van der Waals surface area contributed by atoms with Crippen molar-refractivity contribution >= 4 is 16.5 Å². The zero-order valence-electron chi connectivity index (χ0n) is 12.2. The van der Waals surface area contributed by atoms with Gasteiger partial charge in [0.2, 0.25) is 5.13 Å². The first kappa shape index (κ1) is 14.3. The molecule has 1 saturated heterocycles. The average molecular weight is 304 g/mol. The largest absolute Gasteiger partial charge is 0.494 e. The minimum Gasteiger partial charge on any atom is -0.494 e. The van der Waals surface area contributed by atoms with Crippen molar-refractivity contribution in [1.29, 1.82) is 0 Å². The summed E-state index contributed by atoms with van der Waals surface area (Å²) in [5.41, 5.74) is 7.02. The molecule has 0 spiro atoms. The Morgan fingerprint density at radius 2 is 1.95 bits per heavy atom. The van der Waals surface area contributed by atoms with Gasteiger partial charge in [0, 0.05) is 24.7 Å². The van der Waals surface area contributed by atoms with Gasteiger partial charge in [-0.15, -0.1) is 10.2 Å². The van der Waals surface area contributed by atoms with E-state index in [1.54, 1.807) is 11.3 Å². The Balaban J connectivity index is 1.72. The maximum atomic E-state index is 5.94. The van der Waals surface area contributed by atoms with E-state index in [-0.39, 0.29) is 0 Å². The van der Waals surface area contributed by atoms with Gasteiger partial charge >= 0.3 is 0 Å². The summed E-state index contributed by atoms with van der Waals surface area (Å²) < 4.78 is 5.45. The number of ether oxygens (including phenoxy) is 1. The Morgan fingerprint density at radius 3 is 2.62 bits per heavy atom. The number of benzene rings is 1. The van der Waals surface area contributed by atoms with Crippen LogP contribution in [0.15, 0.2) is 24.3 Å². The van der Waals surface area contributed by atoms with E-state index in [4.69, 9.17) is 10.5 Å². The summed E-state index contributed by atoms with van der Waals surface area (Å²) in [7, 11) is 0. The molecule has 1 aromatic heterocycles. The molecule has 0 unspecified atom stereocenters. The third kappa shape index (κ3) is 3.33. The highest BCUT2D eigenvalue weighted by atomic mass is 32.1. The van der Waals surface area contributed by atoms with E-state index >= 15 is 0 Å². The summed E-state index contributed by atoms with van der Waals surface area (Å²) in [5.74, 6) is 0.885. The second kappa shape index (κ2) is 6.41. The van der Waals surface area contributed by atoms with Crippen molar-refractivity contribution in [2.45, 2.75) is 25.8 Å². The van der Waals surface area contributed by atoms with Crippen molar-refractivity contribution in [2.24, 2.45) is 5.73 Å². The number of aromatic nitrogens is 2. The Labute approximate surface area is 128 Å². The van der Waals surface area contributed by atoms with Crippen LogP contribution in [0.3, 0.4) is 0 Å². The molecule has 0 amide bonds. The zero-order chi connectivity index (χ0) is 14.7. The predicted octanol–water partition coefficient (Wildman–Crippen LogP) is 2.53. The molecule has 2 N–H and O–H groups in total. The lowest BCUT2D eigenvalue weighted by atomic mass is 10.1. The molecule has 0 atom stereocenters. The molecule has 6 heteroatoms. The highest BCUT2D eigenvalue weighted by molar-refractivity contribution is 7.18. The molecule has 1 aromatic carbocycles. The van der Waals surface area contributed by atoms with Crippen LogP contribution in [-0.2, 0) is 0 Å². The smallest absolute Gasteiger partial charge is 0.208 e. The summed E-state index contributed by atoms with van der Waals surface area (Å²) in [6.07, 6.45) is 2.05. The fraction of sp³-hybridized carbons (Fsp3) is 0.467. The van der Waals surface area contributed by atoms with Gasteiger partial charge in [-0.3, -0.25) is 0 Å². The normalized spacial score (nSPS) is 16.2. The highest BCUT2D eigenvalue weighted by Gasteiger charge is 2.19. The van der Waals surface area contributed by atoms with E-state index in [0.717, 1.165) is 47.4 Å². The monoisotopic (exact) mass is 304 g/mol. The van der Waals surface area contributed by atoms with Crippen LogP contribution >= 0.6 is 11.3 Å². The number of hydrogen-bond donors (Lipinski definition) is 1. The molecule has 1 aliphatic rings. The van der Waals surface area contributed by atoms with Crippen LogP contribution in [-0.4, -0.2) is 35.9 Å². The molecule has 1 aliphatic heterocycles. The van der Waals surface area contributed by atoms with Gasteiger partial charge in [-0.1, -0.05) is 11.3 Å². The van der Waals surface area contributed by atoms with Gasteiger partial charge in [-0.25, -0.2) is 0 Å².